The molecule has 5 rings (SSSR count). The van der Waals surface area contributed by atoms with Gasteiger partial charge in [-0.25, -0.2) is 9.07 Å². The minimum Gasteiger partial charge on any atom is -0.497 e. The van der Waals surface area contributed by atoms with E-state index in [-0.39, 0.29) is 17.7 Å². The largest absolute Gasteiger partial charge is 0.497 e. The molecule has 1 aromatic heterocycles. The molecule has 1 N–H and O–H groups in total. The quantitative estimate of drug-likeness (QED) is 0.561. The molecule has 0 saturated heterocycles. The fourth-order valence-electron chi connectivity index (χ4n) is 3.57. The van der Waals surface area contributed by atoms with E-state index in [0.717, 1.165) is 22.6 Å². The van der Waals surface area contributed by atoms with Crippen LogP contribution in [-0.2, 0) is 0 Å². The van der Waals surface area contributed by atoms with Crippen LogP contribution in [0.25, 0.3) is 22.6 Å². The van der Waals surface area contributed by atoms with Gasteiger partial charge in [0.15, 0.2) is 11.5 Å². The van der Waals surface area contributed by atoms with Crippen LogP contribution in [0, 0.1) is 5.82 Å². The molecule has 1 aliphatic rings. The summed E-state index contributed by atoms with van der Waals surface area (Å²) < 4.78 is 20.3. The summed E-state index contributed by atoms with van der Waals surface area (Å²) in [5, 5.41) is 8.11. The van der Waals surface area contributed by atoms with E-state index in [4.69, 9.17) is 4.74 Å². The molecule has 6 nitrogen and oxygen atoms in total. The topological polar surface area (TPSA) is 69.0 Å². The van der Waals surface area contributed by atoms with Gasteiger partial charge in [-0.15, -0.1) is 0 Å². The van der Waals surface area contributed by atoms with Crippen molar-refractivity contribution < 1.29 is 9.13 Å². The fourth-order valence-corrected chi connectivity index (χ4v) is 3.57. The van der Waals surface area contributed by atoms with Crippen LogP contribution in [0.3, 0.4) is 0 Å². The second-order valence-corrected chi connectivity index (χ2v) is 6.91. The molecule has 3 aromatic carbocycles. The second-order valence-electron chi connectivity index (χ2n) is 6.91. The van der Waals surface area contributed by atoms with Crippen molar-refractivity contribution in [1.29, 1.82) is 0 Å². The average molecular weight is 400 g/mol. The maximum atomic E-state index is 13.3. The molecule has 1 aliphatic heterocycles. The van der Waals surface area contributed by atoms with Crippen LogP contribution in [0.1, 0.15) is 11.7 Å². The molecule has 2 heterocycles. The van der Waals surface area contributed by atoms with Gasteiger partial charge in [0.25, 0.3) is 5.56 Å². The minimum atomic E-state index is -0.460. The van der Waals surface area contributed by atoms with E-state index in [1.807, 2.05) is 48.5 Å². The number of anilines is 1. The van der Waals surface area contributed by atoms with Crippen molar-refractivity contribution in [2.24, 2.45) is 0 Å². The van der Waals surface area contributed by atoms with Crippen molar-refractivity contribution in [2.45, 2.75) is 6.17 Å². The summed E-state index contributed by atoms with van der Waals surface area (Å²) in [5.74, 6) is 0.839. The molecule has 1 unspecified atom stereocenters. The summed E-state index contributed by atoms with van der Waals surface area (Å²) in [7, 11) is 1.62. The zero-order valence-corrected chi connectivity index (χ0v) is 16.0. The second kappa shape index (κ2) is 7.11. The zero-order valence-electron chi connectivity index (χ0n) is 16.0. The number of rotatable bonds is 3. The van der Waals surface area contributed by atoms with E-state index < -0.39 is 5.56 Å². The number of nitrogens with one attached hydrogen (secondary N) is 1. The van der Waals surface area contributed by atoms with Crippen molar-refractivity contribution in [3.63, 3.8) is 0 Å². The maximum Gasteiger partial charge on any atom is 0.300 e. The van der Waals surface area contributed by atoms with E-state index in [1.165, 1.54) is 24.3 Å². The number of ether oxygens (including phenoxy) is 1. The van der Waals surface area contributed by atoms with Crippen LogP contribution in [0.15, 0.2) is 77.6 Å². The molecule has 0 bridgehead atoms. The highest BCUT2D eigenvalue weighted by Gasteiger charge is 2.28. The van der Waals surface area contributed by atoms with Gasteiger partial charge < -0.3 is 10.1 Å². The fraction of sp³-hybridized carbons (Fsp3) is 0.0870. The first-order valence-corrected chi connectivity index (χ1v) is 9.41. The molecule has 4 aromatic rings. The van der Waals surface area contributed by atoms with Gasteiger partial charge in [-0.3, -0.25) is 4.79 Å². The lowest BCUT2D eigenvalue weighted by Gasteiger charge is -2.30. The van der Waals surface area contributed by atoms with Gasteiger partial charge in [-0.1, -0.05) is 24.3 Å². The van der Waals surface area contributed by atoms with Crippen LogP contribution in [0.5, 0.6) is 5.75 Å². The maximum absolute atomic E-state index is 13.3. The Balaban J connectivity index is 1.71. The van der Waals surface area contributed by atoms with E-state index in [9.17, 15) is 9.18 Å². The Morgan fingerprint density at radius 2 is 1.73 bits per heavy atom. The Morgan fingerprint density at radius 3 is 2.47 bits per heavy atom. The van der Waals surface area contributed by atoms with Crippen LogP contribution in [-0.4, -0.2) is 21.9 Å². The van der Waals surface area contributed by atoms with Gasteiger partial charge in [-0.2, -0.15) is 10.1 Å². The summed E-state index contributed by atoms with van der Waals surface area (Å²) in [5.41, 5.74) is 2.79. The number of halogens is 1. The molecule has 0 radical (unpaired) electrons. The van der Waals surface area contributed by atoms with E-state index in [2.05, 4.69) is 15.4 Å². The summed E-state index contributed by atoms with van der Waals surface area (Å²) in [6.45, 7) is 0. The summed E-state index contributed by atoms with van der Waals surface area (Å²) in [4.78, 5) is 17.1. The number of fused-ring (bicyclic) bond motifs is 3. The minimum absolute atomic E-state index is 0.165. The Hall–Kier alpha value is -4.00. The third-order valence-electron chi connectivity index (χ3n) is 5.09. The first-order valence-electron chi connectivity index (χ1n) is 9.41. The molecule has 30 heavy (non-hydrogen) atoms. The van der Waals surface area contributed by atoms with Crippen LogP contribution in [0.2, 0.25) is 0 Å². The highest BCUT2D eigenvalue weighted by Crippen LogP contribution is 2.36. The number of para-hydroxylation sites is 1. The Morgan fingerprint density at radius 1 is 1.00 bits per heavy atom. The lowest BCUT2D eigenvalue weighted by molar-refractivity contribution is 0.414. The molecule has 7 heteroatoms. The van der Waals surface area contributed by atoms with Gasteiger partial charge in [0, 0.05) is 16.8 Å². The van der Waals surface area contributed by atoms with Crippen LogP contribution < -0.4 is 15.6 Å². The van der Waals surface area contributed by atoms with Crippen molar-refractivity contribution in [1.82, 2.24) is 14.8 Å². The highest BCUT2D eigenvalue weighted by molar-refractivity contribution is 5.76. The van der Waals surface area contributed by atoms with Gasteiger partial charge in [0.2, 0.25) is 0 Å². The number of methoxy groups -OCH3 is 1. The smallest absolute Gasteiger partial charge is 0.300 e. The van der Waals surface area contributed by atoms with Gasteiger partial charge in [0.05, 0.1) is 7.11 Å². The van der Waals surface area contributed by atoms with Crippen molar-refractivity contribution in [3.05, 3.63) is 94.5 Å². The third-order valence-corrected chi connectivity index (χ3v) is 5.09. The Bertz CT molecular complexity index is 1280. The van der Waals surface area contributed by atoms with Crippen LogP contribution in [0.4, 0.5) is 10.1 Å². The molecular formula is C23H17FN4O2. The zero-order chi connectivity index (χ0) is 20.7. The number of hydrogen-bond donors (Lipinski definition) is 1. The molecular weight excluding hydrogens is 383 g/mol. The monoisotopic (exact) mass is 400 g/mol. The molecule has 0 aliphatic carbocycles. The summed E-state index contributed by atoms with van der Waals surface area (Å²) >= 11 is 0. The number of benzene rings is 3. The number of nitrogens with zero attached hydrogens (tertiary/aromatic N) is 3. The molecule has 0 saturated carbocycles. The lowest BCUT2D eigenvalue weighted by atomic mass is 10.1. The predicted molar refractivity (Wildman–Crippen MR) is 112 cm³/mol. The highest BCUT2D eigenvalue weighted by atomic mass is 19.1. The predicted octanol–water partition coefficient (Wildman–Crippen LogP) is 4.09. The molecule has 148 valence electrons. The molecule has 1 atom stereocenters. The molecule has 0 spiro atoms. The number of hydrogen-bond acceptors (Lipinski definition) is 5. The lowest BCUT2D eigenvalue weighted by Crippen LogP contribution is -2.32. The Kier molecular flexibility index (Phi) is 4.28. The van der Waals surface area contributed by atoms with Gasteiger partial charge in [-0.05, 0) is 54.1 Å². The van der Waals surface area contributed by atoms with Crippen molar-refractivity contribution in [3.8, 4) is 28.4 Å². The summed E-state index contributed by atoms with van der Waals surface area (Å²) in [6.07, 6.45) is -0.381. The van der Waals surface area contributed by atoms with Crippen LogP contribution >= 0.6 is 0 Å². The average Bonchev–Trinajstić information content (AvgIpc) is 2.79. The SMILES string of the molecule is COc1ccc(C2Nc3ccccc3-c3nc(=O)c(-c4ccc(F)cc4)nn32)cc1. The first-order chi connectivity index (χ1) is 14.6. The van der Waals surface area contributed by atoms with Gasteiger partial charge in [0.1, 0.15) is 17.7 Å². The normalized spacial score (nSPS) is 14.4. The Labute approximate surface area is 171 Å². The van der Waals surface area contributed by atoms with E-state index in [0.29, 0.717) is 11.4 Å². The third kappa shape index (κ3) is 3.00. The van der Waals surface area contributed by atoms with Gasteiger partial charge >= 0.3 is 0 Å². The van der Waals surface area contributed by atoms with Crippen molar-refractivity contribution >= 4 is 5.69 Å². The number of aromatic nitrogens is 3. The molecule has 0 fully saturated rings. The molecule has 0 amide bonds. The summed E-state index contributed by atoms with van der Waals surface area (Å²) in [6, 6.07) is 20.9. The van der Waals surface area contributed by atoms with E-state index in [1.54, 1.807) is 11.8 Å². The standard InChI is InChI=1S/C23H17FN4O2/c1-30-17-12-8-15(9-13-17)21-25-19-5-3-2-4-18(19)22-26-23(29)20(27-28(21)22)14-6-10-16(24)11-7-14/h2-13,21,25H,1H3. The van der Waals surface area contributed by atoms with Crippen molar-refractivity contribution in [2.75, 3.05) is 12.4 Å². The first kappa shape index (κ1) is 18.1. The van der Waals surface area contributed by atoms with E-state index >= 15 is 0 Å².